The Kier molecular flexibility index (Phi) is 3.45. The number of nitrogens with one attached hydrogen (secondary N) is 2. The molecule has 0 bridgehead atoms. The van der Waals surface area contributed by atoms with Crippen molar-refractivity contribution in [1.29, 1.82) is 0 Å². The highest BCUT2D eigenvalue weighted by atomic mass is 16.6. The maximum absolute atomic E-state index is 11.4. The highest BCUT2D eigenvalue weighted by molar-refractivity contribution is 5.72. The van der Waals surface area contributed by atoms with Crippen LogP contribution in [-0.4, -0.2) is 21.7 Å². The van der Waals surface area contributed by atoms with Crippen molar-refractivity contribution in [2.45, 2.75) is 33.2 Å². The molecule has 0 aliphatic carbocycles. The van der Waals surface area contributed by atoms with Gasteiger partial charge in [-0.25, -0.2) is 4.79 Å². The zero-order valence-electron chi connectivity index (χ0n) is 10.2. The van der Waals surface area contributed by atoms with Crippen LogP contribution in [0.5, 0.6) is 11.5 Å². The van der Waals surface area contributed by atoms with Gasteiger partial charge < -0.3 is 20.1 Å². The van der Waals surface area contributed by atoms with Crippen LogP contribution in [0.4, 0.5) is 4.79 Å². The van der Waals surface area contributed by atoms with Gasteiger partial charge in [-0.15, -0.1) is 0 Å². The summed E-state index contributed by atoms with van der Waals surface area (Å²) in [5.74, 6) is -0.732. The number of pyridine rings is 1. The van der Waals surface area contributed by atoms with Crippen LogP contribution < -0.4 is 15.6 Å². The van der Waals surface area contributed by atoms with E-state index < -0.39 is 22.9 Å². The average Bonchev–Trinajstić information content (AvgIpc) is 2.16. The molecule has 0 aromatic carbocycles. The molecule has 6 nitrogen and oxygen atoms in total. The second-order valence-corrected chi connectivity index (χ2v) is 4.74. The Morgan fingerprint density at radius 1 is 1.47 bits per heavy atom. The van der Waals surface area contributed by atoms with Gasteiger partial charge in [0.15, 0.2) is 5.75 Å². The normalized spacial score (nSPS) is 11.1. The number of rotatable bonds is 1. The first-order chi connectivity index (χ1) is 7.70. The van der Waals surface area contributed by atoms with Crippen molar-refractivity contribution in [3.63, 3.8) is 0 Å². The van der Waals surface area contributed by atoms with Gasteiger partial charge in [0.1, 0.15) is 0 Å². The van der Waals surface area contributed by atoms with Gasteiger partial charge in [0.25, 0.3) is 5.56 Å². The zero-order valence-corrected chi connectivity index (χ0v) is 10.2. The fourth-order valence-corrected chi connectivity index (χ4v) is 1.11. The molecule has 1 rings (SSSR count). The third kappa shape index (κ3) is 3.51. The van der Waals surface area contributed by atoms with Crippen LogP contribution in [0, 0.1) is 6.92 Å². The van der Waals surface area contributed by atoms with E-state index in [0.717, 1.165) is 0 Å². The third-order valence-corrected chi connectivity index (χ3v) is 1.89. The minimum Gasteiger partial charge on any atom is -0.504 e. The average molecular weight is 240 g/mol. The Labute approximate surface area is 98.6 Å². The highest BCUT2D eigenvalue weighted by Gasteiger charge is 2.19. The lowest BCUT2D eigenvalue weighted by Crippen LogP contribution is -2.42. The molecule has 6 heteroatoms. The summed E-state index contributed by atoms with van der Waals surface area (Å²) in [5, 5.41) is 12.1. The number of hydrogen-bond acceptors (Lipinski definition) is 4. The van der Waals surface area contributed by atoms with Crippen molar-refractivity contribution in [2.24, 2.45) is 0 Å². The number of aromatic hydroxyl groups is 1. The molecule has 0 aliphatic rings. The molecule has 1 heterocycles. The van der Waals surface area contributed by atoms with Gasteiger partial charge in [-0.1, -0.05) is 0 Å². The fraction of sp³-hybridized carbons (Fsp3) is 0.455. The molecule has 0 saturated heterocycles. The molecule has 0 saturated carbocycles. The van der Waals surface area contributed by atoms with E-state index in [1.807, 2.05) is 0 Å². The van der Waals surface area contributed by atoms with Crippen molar-refractivity contribution in [3.8, 4) is 11.5 Å². The summed E-state index contributed by atoms with van der Waals surface area (Å²) in [6.45, 7) is 6.90. The molecule has 17 heavy (non-hydrogen) atoms. The minimum atomic E-state index is -0.788. The molecular weight excluding hydrogens is 224 g/mol. The predicted octanol–water partition coefficient (Wildman–Crippen LogP) is 1.28. The van der Waals surface area contributed by atoms with Crippen LogP contribution in [-0.2, 0) is 0 Å². The summed E-state index contributed by atoms with van der Waals surface area (Å²) in [5.41, 5.74) is -0.719. The van der Waals surface area contributed by atoms with Crippen molar-refractivity contribution in [1.82, 2.24) is 10.3 Å². The lowest BCUT2D eigenvalue weighted by molar-refractivity contribution is 0.188. The van der Waals surface area contributed by atoms with Gasteiger partial charge in [0, 0.05) is 17.3 Å². The van der Waals surface area contributed by atoms with Crippen LogP contribution in [0.25, 0.3) is 0 Å². The van der Waals surface area contributed by atoms with Gasteiger partial charge in [0.05, 0.1) is 0 Å². The summed E-state index contributed by atoms with van der Waals surface area (Å²) in [6, 6.07) is 0. The van der Waals surface area contributed by atoms with Gasteiger partial charge in [-0.3, -0.25) is 4.79 Å². The first-order valence-electron chi connectivity index (χ1n) is 5.12. The number of amides is 1. The van der Waals surface area contributed by atoms with Gasteiger partial charge >= 0.3 is 6.09 Å². The van der Waals surface area contributed by atoms with Crippen LogP contribution in [0.15, 0.2) is 11.0 Å². The lowest BCUT2D eigenvalue weighted by Gasteiger charge is -2.19. The SMILES string of the molecule is Cc1c[nH]c(=O)c(OC(=O)NC(C)(C)C)c1O. The van der Waals surface area contributed by atoms with E-state index in [1.165, 1.54) is 6.20 Å². The topological polar surface area (TPSA) is 91.4 Å². The van der Waals surface area contributed by atoms with E-state index in [2.05, 4.69) is 10.3 Å². The van der Waals surface area contributed by atoms with Crippen LogP contribution in [0.3, 0.4) is 0 Å². The number of ether oxygens (including phenoxy) is 1. The number of carbonyl (C=O) groups is 1. The number of aromatic amines is 1. The summed E-state index contributed by atoms with van der Waals surface area (Å²) in [7, 11) is 0. The van der Waals surface area contributed by atoms with Gasteiger partial charge in [-0.05, 0) is 27.7 Å². The maximum atomic E-state index is 11.4. The number of aromatic nitrogens is 1. The Balaban J connectivity index is 2.93. The van der Waals surface area contributed by atoms with Gasteiger partial charge in [0.2, 0.25) is 5.75 Å². The van der Waals surface area contributed by atoms with Crippen molar-refractivity contribution < 1.29 is 14.6 Å². The molecule has 1 aromatic heterocycles. The standard InChI is InChI=1S/C11H16N2O4/c1-6-5-12-9(15)8(7(6)14)17-10(16)13-11(2,3)4/h5H,1-4H3,(H,13,16)(H2,12,14,15). The largest absolute Gasteiger partial charge is 0.504 e. The first-order valence-corrected chi connectivity index (χ1v) is 5.12. The second kappa shape index (κ2) is 4.48. The zero-order chi connectivity index (χ0) is 13.2. The molecule has 0 fully saturated rings. The molecular formula is C11H16N2O4. The van der Waals surface area contributed by atoms with E-state index in [1.54, 1.807) is 27.7 Å². The number of aryl methyl sites for hydroxylation is 1. The van der Waals surface area contributed by atoms with E-state index in [9.17, 15) is 14.7 Å². The molecule has 0 radical (unpaired) electrons. The molecule has 0 atom stereocenters. The summed E-state index contributed by atoms with van der Waals surface area (Å²) in [6.07, 6.45) is 0.551. The van der Waals surface area contributed by atoms with E-state index in [4.69, 9.17) is 4.74 Å². The molecule has 94 valence electrons. The van der Waals surface area contributed by atoms with Crippen molar-refractivity contribution in [2.75, 3.05) is 0 Å². The Hall–Kier alpha value is -1.98. The third-order valence-electron chi connectivity index (χ3n) is 1.89. The Bertz CT molecular complexity index is 485. The smallest absolute Gasteiger partial charge is 0.413 e. The number of hydrogen-bond donors (Lipinski definition) is 3. The highest BCUT2D eigenvalue weighted by Crippen LogP contribution is 2.24. The van der Waals surface area contributed by atoms with Crippen molar-refractivity contribution in [3.05, 3.63) is 22.1 Å². The molecule has 0 unspecified atom stereocenters. The molecule has 0 spiro atoms. The molecule has 1 aromatic rings. The lowest BCUT2D eigenvalue weighted by atomic mass is 10.1. The second-order valence-electron chi connectivity index (χ2n) is 4.74. The van der Waals surface area contributed by atoms with Crippen LogP contribution in [0.1, 0.15) is 26.3 Å². The number of carbonyl (C=O) groups excluding carboxylic acids is 1. The van der Waals surface area contributed by atoms with Crippen LogP contribution in [0.2, 0.25) is 0 Å². The van der Waals surface area contributed by atoms with E-state index in [-0.39, 0.29) is 5.75 Å². The molecule has 1 amide bonds. The Morgan fingerprint density at radius 2 is 2.06 bits per heavy atom. The van der Waals surface area contributed by atoms with E-state index >= 15 is 0 Å². The Morgan fingerprint density at radius 3 is 2.59 bits per heavy atom. The fourth-order valence-electron chi connectivity index (χ4n) is 1.11. The van der Waals surface area contributed by atoms with Gasteiger partial charge in [-0.2, -0.15) is 0 Å². The monoisotopic (exact) mass is 240 g/mol. The van der Waals surface area contributed by atoms with Crippen molar-refractivity contribution >= 4 is 6.09 Å². The van der Waals surface area contributed by atoms with Crippen LogP contribution >= 0.6 is 0 Å². The first kappa shape index (κ1) is 13.1. The molecule has 3 N–H and O–H groups in total. The summed E-state index contributed by atoms with van der Waals surface area (Å²) < 4.78 is 4.79. The quantitative estimate of drug-likeness (QED) is 0.689. The summed E-state index contributed by atoms with van der Waals surface area (Å²) >= 11 is 0. The summed E-state index contributed by atoms with van der Waals surface area (Å²) in [4.78, 5) is 25.2. The predicted molar refractivity (Wildman–Crippen MR) is 62.4 cm³/mol. The minimum absolute atomic E-state index is 0.335. The number of H-pyrrole nitrogens is 1. The molecule has 0 aliphatic heterocycles. The van der Waals surface area contributed by atoms with E-state index in [0.29, 0.717) is 5.56 Å². The maximum Gasteiger partial charge on any atom is 0.413 e.